The monoisotopic (exact) mass is 194 g/mol. The van der Waals surface area contributed by atoms with Crippen molar-refractivity contribution in [1.29, 1.82) is 0 Å². The van der Waals surface area contributed by atoms with Gasteiger partial charge in [-0.3, -0.25) is 0 Å². The molecule has 0 saturated carbocycles. The third kappa shape index (κ3) is 2.38. The van der Waals surface area contributed by atoms with Gasteiger partial charge in [-0.2, -0.15) is 0 Å². The molecule has 0 fully saturated rings. The molecule has 1 aromatic heterocycles. The van der Waals surface area contributed by atoms with E-state index < -0.39 is 0 Å². The molecule has 0 aromatic carbocycles. The highest BCUT2D eigenvalue weighted by Crippen LogP contribution is 2.30. The molecule has 1 unspecified atom stereocenters. The molecular weight excluding hydrogens is 172 g/mol. The molecule has 14 heavy (non-hydrogen) atoms. The highest BCUT2D eigenvalue weighted by atomic mass is 14.7. The summed E-state index contributed by atoms with van der Waals surface area (Å²) in [6.45, 7) is 9.56. The number of rotatable bonds is 4. The second-order valence-electron chi connectivity index (χ2n) is 4.46. The van der Waals surface area contributed by atoms with Gasteiger partial charge < -0.3 is 10.7 Å². The zero-order valence-electron chi connectivity index (χ0n) is 9.72. The van der Waals surface area contributed by atoms with Gasteiger partial charge in [0.2, 0.25) is 0 Å². The lowest BCUT2D eigenvalue weighted by molar-refractivity contribution is 0.472. The molecular formula is C12H22N2. The summed E-state index contributed by atoms with van der Waals surface area (Å²) in [5.41, 5.74) is 9.65. The summed E-state index contributed by atoms with van der Waals surface area (Å²) >= 11 is 0. The summed E-state index contributed by atoms with van der Waals surface area (Å²) in [5, 5.41) is 0. The Kier molecular flexibility index (Phi) is 3.76. The fourth-order valence-electron chi connectivity index (χ4n) is 2.16. The first-order valence-corrected chi connectivity index (χ1v) is 5.42. The maximum atomic E-state index is 5.65. The summed E-state index contributed by atoms with van der Waals surface area (Å²) in [6, 6.07) is 2.26. The van der Waals surface area contributed by atoms with Crippen LogP contribution in [0.5, 0.6) is 0 Å². The molecule has 0 spiro atoms. The van der Waals surface area contributed by atoms with Crippen molar-refractivity contribution in [2.75, 3.05) is 6.54 Å². The van der Waals surface area contributed by atoms with Crippen LogP contribution in [0, 0.1) is 19.8 Å². The molecule has 0 aliphatic rings. The van der Waals surface area contributed by atoms with Gasteiger partial charge in [-0.15, -0.1) is 0 Å². The van der Waals surface area contributed by atoms with Gasteiger partial charge in [0.1, 0.15) is 0 Å². The van der Waals surface area contributed by atoms with Crippen molar-refractivity contribution < 1.29 is 0 Å². The summed E-state index contributed by atoms with van der Waals surface area (Å²) in [4.78, 5) is 3.36. The van der Waals surface area contributed by atoms with Crippen molar-refractivity contribution in [1.82, 2.24) is 4.98 Å². The van der Waals surface area contributed by atoms with Crippen LogP contribution in [-0.2, 0) is 0 Å². The van der Waals surface area contributed by atoms with E-state index in [9.17, 15) is 0 Å². The standard InChI is InChI=1S/C12H22N2/c1-8(2)11(5-6-13)12-7-9(3)14-10(12)4/h7-8,11,14H,5-6,13H2,1-4H3. The first-order chi connectivity index (χ1) is 6.56. The largest absolute Gasteiger partial charge is 0.362 e. The van der Waals surface area contributed by atoms with Crippen LogP contribution in [0.4, 0.5) is 0 Å². The minimum Gasteiger partial charge on any atom is -0.362 e. The van der Waals surface area contributed by atoms with E-state index >= 15 is 0 Å². The molecule has 80 valence electrons. The van der Waals surface area contributed by atoms with Gasteiger partial charge in [0, 0.05) is 11.4 Å². The molecule has 1 heterocycles. The zero-order chi connectivity index (χ0) is 10.7. The topological polar surface area (TPSA) is 41.8 Å². The van der Waals surface area contributed by atoms with E-state index in [0.29, 0.717) is 11.8 Å². The third-order valence-corrected chi connectivity index (χ3v) is 2.87. The second kappa shape index (κ2) is 4.65. The third-order valence-electron chi connectivity index (χ3n) is 2.87. The fourth-order valence-corrected chi connectivity index (χ4v) is 2.16. The smallest absolute Gasteiger partial charge is 0.0153 e. The summed E-state index contributed by atoms with van der Waals surface area (Å²) in [6.07, 6.45) is 1.08. The summed E-state index contributed by atoms with van der Waals surface area (Å²) < 4.78 is 0. The molecule has 0 amide bonds. The van der Waals surface area contributed by atoms with E-state index in [1.165, 1.54) is 17.0 Å². The van der Waals surface area contributed by atoms with Crippen LogP contribution in [0.1, 0.15) is 43.1 Å². The first kappa shape index (κ1) is 11.3. The lowest BCUT2D eigenvalue weighted by Gasteiger charge is -2.20. The van der Waals surface area contributed by atoms with Gasteiger partial charge in [0.05, 0.1) is 0 Å². The molecule has 0 bridgehead atoms. The van der Waals surface area contributed by atoms with Crippen molar-refractivity contribution >= 4 is 0 Å². The molecule has 3 N–H and O–H groups in total. The minimum atomic E-state index is 0.602. The normalized spacial score (nSPS) is 13.6. The van der Waals surface area contributed by atoms with E-state index in [-0.39, 0.29) is 0 Å². The van der Waals surface area contributed by atoms with Gasteiger partial charge >= 0.3 is 0 Å². The average Bonchev–Trinajstić information content (AvgIpc) is 2.40. The lowest BCUT2D eigenvalue weighted by Crippen LogP contribution is -2.12. The number of nitrogens with two attached hydrogens (primary N) is 1. The van der Waals surface area contributed by atoms with Crippen molar-refractivity contribution in [3.63, 3.8) is 0 Å². The SMILES string of the molecule is Cc1cc(C(CCN)C(C)C)c(C)[nH]1. The quantitative estimate of drug-likeness (QED) is 0.760. The number of nitrogens with one attached hydrogen (secondary N) is 1. The van der Waals surface area contributed by atoms with Crippen LogP contribution in [0.25, 0.3) is 0 Å². The Balaban J connectivity index is 2.92. The van der Waals surface area contributed by atoms with Crippen LogP contribution >= 0.6 is 0 Å². The van der Waals surface area contributed by atoms with Gasteiger partial charge in [-0.1, -0.05) is 13.8 Å². The van der Waals surface area contributed by atoms with E-state index in [0.717, 1.165) is 13.0 Å². The molecule has 2 heteroatoms. The van der Waals surface area contributed by atoms with Crippen LogP contribution in [0.3, 0.4) is 0 Å². The molecule has 1 atom stereocenters. The number of hydrogen-bond donors (Lipinski definition) is 2. The zero-order valence-corrected chi connectivity index (χ0v) is 9.72. The van der Waals surface area contributed by atoms with E-state index in [2.05, 4.69) is 38.7 Å². The Morgan fingerprint density at radius 3 is 2.36 bits per heavy atom. The lowest BCUT2D eigenvalue weighted by atomic mass is 9.86. The molecule has 0 radical (unpaired) electrons. The number of H-pyrrole nitrogens is 1. The fraction of sp³-hybridized carbons (Fsp3) is 0.667. The van der Waals surface area contributed by atoms with Crippen molar-refractivity contribution in [2.24, 2.45) is 11.7 Å². The Labute approximate surface area is 86.9 Å². The highest BCUT2D eigenvalue weighted by molar-refractivity contribution is 5.28. The van der Waals surface area contributed by atoms with Gasteiger partial charge in [0.15, 0.2) is 0 Å². The Morgan fingerprint density at radius 1 is 1.36 bits per heavy atom. The Bertz CT molecular complexity index is 287. The molecule has 0 saturated heterocycles. The predicted octanol–water partition coefficient (Wildman–Crippen LogP) is 2.72. The Morgan fingerprint density at radius 2 is 2.00 bits per heavy atom. The number of aryl methyl sites for hydroxylation is 2. The van der Waals surface area contributed by atoms with Crippen LogP contribution in [0.2, 0.25) is 0 Å². The number of hydrogen-bond acceptors (Lipinski definition) is 1. The minimum absolute atomic E-state index is 0.602. The molecule has 0 aliphatic carbocycles. The first-order valence-electron chi connectivity index (χ1n) is 5.42. The number of aromatic nitrogens is 1. The van der Waals surface area contributed by atoms with Gasteiger partial charge in [-0.25, -0.2) is 0 Å². The van der Waals surface area contributed by atoms with Crippen LogP contribution < -0.4 is 5.73 Å². The van der Waals surface area contributed by atoms with Crippen molar-refractivity contribution in [3.05, 3.63) is 23.0 Å². The maximum absolute atomic E-state index is 5.65. The summed E-state index contributed by atoms with van der Waals surface area (Å²) in [5.74, 6) is 1.26. The van der Waals surface area contributed by atoms with E-state index in [1.54, 1.807) is 0 Å². The van der Waals surface area contributed by atoms with Crippen LogP contribution in [0.15, 0.2) is 6.07 Å². The van der Waals surface area contributed by atoms with Crippen molar-refractivity contribution in [3.8, 4) is 0 Å². The van der Waals surface area contributed by atoms with Gasteiger partial charge in [-0.05, 0) is 50.3 Å². The maximum Gasteiger partial charge on any atom is 0.0153 e. The Hall–Kier alpha value is -0.760. The van der Waals surface area contributed by atoms with E-state index in [4.69, 9.17) is 5.73 Å². The van der Waals surface area contributed by atoms with Gasteiger partial charge in [0.25, 0.3) is 0 Å². The van der Waals surface area contributed by atoms with Crippen molar-refractivity contribution in [2.45, 2.75) is 40.0 Å². The molecule has 1 rings (SSSR count). The predicted molar refractivity (Wildman–Crippen MR) is 61.5 cm³/mol. The van der Waals surface area contributed by atoms with E-state index in [1.807, 2.05) is 0 Å². The number of aromatic amines is 1. The second-order valence-corrected chi connectivity index (χ2v) is 4.46. The summed E-state index contributed by atoms with van der Waals surface area (Å²) in [7, 11) is 0. The molecule has 1 aromatic rings. The molecule has 2 nitrogen and oxygen atoms in total. The average molecular weight is 194 g/mol. The van der Waals surface area contributed by atoms with Crippen LogP contribution in [-0.4, -0.2) is 11.5 Å². The molecule has 0 aliphatic heterocycles. The highest BCUT2D eigenvalue weighted by Gasteiger charge is 2.18.